The Bertz CT molecular complexity index is 435. The molecule has 0 spiro atoms. The summed E-state index contributed by atoms with van der Waals surface area (Å²) in [6, 6.07) is 9.28. The summed E-state index contributed by atoms with van der Waals surface area (Å²) in [6.45, 7) is 12.0. The van der Waals surface area contributed by atoms with Gasteiger partial charge in [0.2, 0.25) is 0 Å². The maximum atomic E-state index is 6.11. The van der Waals surface area contributed by atoms with Crippen molar-refractivity contribution >= 4 is 0 Å². The van der Waals surface area contributed by atoms with Gasteiger partial charge in [0.1, 0.15) is 0 Å². The Labute approximate surface area is 142 Å². The molecule has 1 aliphatic heterocycles. The highest BCUT2D eigenvalue weighted by Crippen LogP contribution is 2.10. The summed E-state index contributed by atoms with van der Waals surface area (Å²) >= 11 is 0. The molecule has 0 amide bonds. The minimum absolute atomic E-state index is 0.256. The fourth-order valence-electron chi connectivity index (χ4n) is 3.12. The Morgan fingerprint density at radius 3 is 2.26 bits per heavy atom. The highest BCUT2D eigenvalue weighted by atomic mass is 15.2. The quantitative estimate of drug-likeness (QED) is 0.768. The van der Waals surface area contributed by atoms with E-state index in [-0.39, 0.29) is 6.04 Å². The van der Waals surface area contributed by atoms with Crippen LogP contribution in [0.5, 0.6) is 0 Å². The van der Waals surface area contributed by atoms with Crippen LogP contribution in [0.2, 0.25) is 0 Å². The molecule has 2 rings (SSSR count). The monoisotopic (exact) mass is 318 g/mol. The molecule has 1 fully saturated rings. The number of nitrogens with two attached hydrogens (primary N) is 1. The van der Waals surface area contributed by atoms with Crippen LogP contribution in [0.25, 0.3) is 0 Å². The predicted molar refractivity (Wildman–Crippen MR) is 98.4 cm³/mol. The van der Waals surface area contributed by atoms with E-state index in [1.54, 1.807) is 0 Å². The summed E-state index contributed by atoms with van der Waals surface area (Å²) in [6.07, 6.45) is 1.08. The Hall–Kier alpha value is -0.940. The molecule has 1 aromatic carbocycles. The third-order valence-corrected chi connectivity index (χ3v) is 4.53. The number of benzene rings is 1. The molecule has 1 saturated heterocycles. The zero-order valence-corrected chi connectivity index (χ0v) is 15.1. The lowest BCUT2D eigenvalue weighted by atomic mass is 10.0. The van der Waals surface area contributed by atoms with Crippen molar-refractivity contribution in [3.8, 4) is 0 Å². The summed E-state index contributed by atoms with van der Waals surface area (Å²) in [5, 5.41) is 3.47. The smallest absolute Gasteiger partial charge is 0.0234 e. The van der Waals surface area contributed by atoms with E-state index in [0.29, 0.717) is 5.92 Å². The van der Waals surface area contributed by atoms with Crippen molar-refractivity contribution in [2.24, 2.45) is 11.7 Å². The maximum absolute atomic E-state index is 6.11. The van der Waals surface area contributed by atoms with Crippen molar-refractivity contribution in [1.82, 2.24) is 15.1 Å². The molecule has 1 aromatic rings. The number of piperazine rings is 1. The van der Waals surface area contributed by atoms with E-state index in [4.69, 9.17) is 5.73 Å². The first-order valence-corrected chi connectivity index (χ1v) is 8.98. The SMILES string of the molecule is CC(C)CC(N)CNCc1ccc(CN2CCN(C)CC2)cc1. The molecule has 0 aliphatic carbocycles. The van der Waals surface area contributed by atoms with E-state index in [9.17, 15) is 0 Å². The average Bonchev–Trinajstić information content (AvgIpc) is 2.50. The molecule has 1 atom stereocenters. The zero-order valence-electron chi connectivity index (χ0n) is 15.1. The van der Waals surface area contributed by atoms with Gasteiger partial charge in [-0.25, -0.2) is 0 Å². The summed E-state index contributed by atoms with van der Waals surface area (Å²) < 4.78 is 0. The van der Waals surface area contributed by atoms with E-state index >= 15 is 0 Å². The highest BCUT2D eigenvalue weighted by molar-refractivity contribution is 5.22. The topological polar surface area (TPSA) is 44.5 Å². The maximum Gasteiger partial charge on any atom is 0.0234 e. The molecule has 0 aromatic heterocycles. The predicted octanol–water partition coefficient (Wildman–Crippen LogP) is 1.90. The molecule has 4 nitrogen and oxygen atoms in total. The standard InChI is InChI=1S/C19H34N4/c1-16(2)12-19(20)14-21-13-17-4-6-18(7-5-17)15-23-10-8-22(3)9-11-23/h4-7,16,19,21H,8-15,20H2,1-3H3. The molecule has 23 heavy (non-hydrogen) atoms. The number of hydrogen-bond donors (Lipinski definition) is 2. The minimum atomic E-state index is 0.256. The Balaban J connectivity index is 1.70. The number of nitrogens with zero attached hydrogens (tertiary/aromatic N) is 2. The molecule has 130 valence electrons. The van der Waals surface area contributed by atoms with Crippen LogP contribution in [0, 0.1) is 5.92 Å². The Kier molecular flexibility index (Phi) is 7.50. The molecule has 0 saturated carbocycles. The molecule has 1 unspecified atom stereocenters. The van der Waals surface area contributed by atoms with Gasteiger partial charge in [-0.15, -0.1) is 0 Å². The number of nitrogens with one attached hydrogen (secondary N) is 1. The summed E-state index contributed by atoms with van der Waals surface area (Å²) in [5.74, 6) is 0.667. The van der Waals surface area contributed by atoms with E-state index in [0.717, 1.165) is 26.1 Å². The normalized spacial score (nSPS) is 18.5. The van der Waals surface area contributed by atoms with Crippen molar-refractivity contribution < 1.29 is 0 Å². The molecule has 0 bridgehead atoms. The lowest BCUT2D eigenvalue weighted by Crippen LogP contribution is -2.43. The van der Waals surface area contributed by atoms with Gasteiger partial charge >= 0.3 is 0 Å². The average molecular weight is 319 g/mol. The summed E-state index contributed by atoms with van der Waals surface area (Å²) in [4.78, 5) is 4.94. The van der Waals surface area contributed by atoms with Crippen molar-refractivity contribution in [1.29, 1.82) is 0 Å². The van der Waals surface area contributed by atoms with Crippen LogP contribution in [-0.4, -0.2) is 55.6 Å². The van der Waals surface area contributed by atoms with Crippen molar-refractivity contribution in [2.75, 3.05) is 39.8 Å². The van der Waals surface area contributed by atoms with Crippen LogP contribution in [0.1, 0.15) is 31.4 Å². The first kappa shape index (κ1) is 18.4. The van der Waals surface area contributed by atoms with E-state index < -0.39 is 0 Å². The highest BCUT2D eigenvalue weighted by Gasteiger charge is 2.13. The first-order valence-electron chi connectivity index (χ1n) is 8.98. The molecule has 3 N–H and O–H groups in total. The van der Waals surface area contributed by atoms with Gasteiger partial charge in [-0.1, -0.05) is 38.1 Å². The van der Waals surface area contributed by atoms with Crippen LogP contribution in [0.15, 0.2) is 24.3 Å². The molecular weight excluding hydrogens is 284 g/mol. The molecule has 0 radical (unpaired) electrons. The van der Waals surface area contributed by atoms with Crippen LogP contribution < -0.4 is 11.1 Å². The fraction of sp³-hybridized carbons (Fsp3) is 0.684. The minimum Gasteiger partial charge on any atom is -0.327 e. The zero-order chi connectivity index (χ0) is 16.7. The van der Waals surface area contributed by atoms with E-state index in [1.165, 1.54) is 37.3 Å². The number of likely N-dealkylation sites (N-methyl/N-ethyl adjacent to an activating group) is 1. The lowest BCUT2D eigenvalue weighted by Gasteiger charge is -2.32. The summed E-state index contributed by atoms with van der Waals surface area (Å²) in [5.41, 5.74) is 8.85. The molecule has 4 heteroatoms. The van der Waals surface area contributed by atoms with Crippen molar-refractivity contribution in [2.45, 2.75) is 39.4 Å². The van der Waals surface area contributed by atoms with Crippen molar-refractivity contribution in [3.63, 3.8) is 0 Å². The van der Waals surface area contributed by atoms with E-state index in [2.05, 4.69) is 60.3 Å². The molecular formula is C19H34N4. The van der Waals surface area contributed by atoms with Gasteiger partial charge in [-0.2, -0.15) is 0 Å². The Morgan fingerprint density at radius 2 is 1.65 bits per heavy atom. The van der Waals surface area contributed by atoms with Gasteiger partial charge in [-0.05, 0) is 30.5 Å². The molecule has 1 heterocycles. The summed E-state index contributed by atoms with van der Waals surface area (Å²) in [7, 11) is 2.20. The third-order valence-electron chi connectivity index (χ3n) is 4.53. The second kappa shape index (κ2) is 9.38. The number of rotatable bonds is 8. The van der Waals surface area contributed by atoms with Gasteiger partial charge in [-0.3, -0.25) is 4.90 Å². The van der Waals surface area contributed by atoms with Crippen LogP contribution in [-0.2, 0) is 13.1 Å². The largest absolute Gasteiger partial charge is 0.327 e. The van der Waals surface area contributed by atoms with Gasteiger partial charge in [0.05, 0.1) is 0 Å². The van der Waals surface area contributed by atoms with Gasteiger partial charge in [0, 0.05) is 51.9 Å². The fourth-order valence-corrected chi connectivity index (χ4v) is 3.12. The van der Waals surface area contributed by atoms with Gasteiger partial charge in [0.25, 0.3) is 0 Å². The first-order chi connectivity index (χ1) is 11.0. The third kappa shape index (κ3) is 7.00. The van der Waals surface area contributed by atoms with Crippen LogP contribution in [0.3, 0.4) is 0 Å². The molecule has 1 aliphatic rings. The lowest BCUT2D eigenvalue weighted by molar-refractivity contribution is 0.148. The second-order valence-corrected chi connectivity index (χ2v) is 7.42. The van der Waals surface area contributed by atoms with Crippen LogP contribution >= 0.6 is 0 Å². The van der Waals surface area contributed by atoms with Crippen molar-refractivity contribution in [3.05, 3.63) is 35.4 Å². The van der Waals surface area contributed by atoms with Gasteiger partial charge < -0.3 is 16.0 Å². The van der Waals surface area contributed by atoms with E-state index in [1.807, 2.05) is 0 Å². The second-order valence-electron chi connectivity index (χ2n) is 7.42. The Morgan fingerprint density at radius 1 is 1.04 bits per heavy atom. The van der Waals surface area contributed by atoms with Crippen LogP contribution in [0.4, 0.5) is 0 Å². The number of hydrogen-bond acceptors (Lipinski definition) is 4. The van der Waals surface area contributed by atoms with Gasteiger partial charge in [0.15, 0.2) is 0 Å².